The van der Waals surface area contributed by atoms with Crippen molar-refractivity contribution >= 4 is 27.5 Å². The lowest BCUT2D eigenvalue weighted by atomic mass is 10.0. The number of hydrogen-bond donors (Lipinski definition) is 3. The third-order valence-electron chi connectivity index (χ3n) is 4.72. The van der Waals surface area contributed by atoms with Gasteiger partial charge in [-0.25, -0.2) is 13.1 Å². The maximum atomic E-state index is 12.6. The lowest BCUT2D eigenvalue weighted by Gasteiger charge is -2.32. The van der Waals surface area contributed by atoms with Crippen molar-refractivity contribution in [2.24, 2.45) is 0 Å². The van der Waals surface area contributed by atoms with E-state index in [0.717, 1.165) is 0 Å². The Morgan fingerprint density at radius 3 is 2.24 bits per heavy atom. The van der Waals surface area contributed by atoms with E-state index in [1.165, 1.54) is 37.3 Å². The van der Waals surface area contributed by atoms with Gasteiger partial charge >= 0.3 is 0 Å². The number of carbonyl (C=O) groups excluding carboxylic acids is 2. The molecule has 0 aromatic heterocycles. The number of carbonyl (C=O) groups is 2. The van der Waals surface area contributed by atoms with Crippen LogP contribution in [0.2, 0.25) is 0 Å². The molecular formula is C20H23N3O5S. The second-order valence-corrected chi connectivity index (χ2v) is 8.62. The minimum Gasteiger partial charge on any atom is -0.507 e. The zero-order valence-corrected chi connectivity index (χ0v) is 16.8. The van der Waals surface area contributed by atoms with Crippen LogP contribution in [-0.2, 0) is 14.8 Å². The Hall–Kier alpha value is -2.91. The van der Waals surface area contributed by atoms with Gasteiger partial charge in [0.25, 0.3) is 5.91 Å². The van der Waals surface area contributed by atoms with Crippen LogP contribution in [-0.4, -0.2) is 49.4 Å². The number of anilines is 1. The number of nitrogens with one attached hydrogen (secondary N) is 2. The summed E-state index contributed by atoms with van der Waals surface area (Å²) in [6.07, 6.45) is 0.949. The Balaban J connectivity index is 1.59. The first-order valence-corrected chi connectivity index (χ1v) is 10.7. The van der Waals surface area contributed by atoms with Crippen molar-refractivity contribution in [2.45, 2.75) is 30.7 Å². The summed E-state index contributed by atoms with van der Waals surface area (Å²) in [4.78, 5) is 25.3. The van der Waals surface area contributed by atoms with Gasteiger partial charge in [-0.15, -0.1) is 0 Å². The number of aromatic hydroxyl groups is 1. The first-order chi connectivity index (χ1) is 13.8. The van der Waals surface area contributed by atoms with Crippen molar-refractivity contribution in [2.75, 3.05) is 18.4 Å². The predicted octanol–water partition coefficient (Wildman–Crippen LogP) is 1.93. The molecule has 0 saturated carbocycles. The number of amides is 2. The SMILES string of the molecule is CC(=O)Nc1ccc(S(=O)(=O)NC2CCN(C(=O)c3ccccc3O)CC2)cc1. The molecule has 0 bridgehead atoms. The van der Waals surface area contributed by atoms with Crippen LogP contribution in [0.5, 0.6) is 5.75 Å². The summed E-state index contributed by atoms with van der Waals surface area (Å²) in [6, 6.07) is 12.0. The third-order valence-corrected chi connectivity index (χ3v) is 6.26. The highest BCUT2D eigenvalue weighted by Crippen LogP contribution is 2.22. The van der Waals surface area contributed by atoms with E-state index in [-0.39, 0.29) is 34.1 Å². The number of phenolic OH excluding ortho intramolecular Hbond substituents is 1. The van der Waals surface area contributed by atoms with Gasteiger partial charge in [0.1, 0.15) is 5.75 Å². The molecule has 0 atom stereocenters. The number of nitrogens with zero attached hydrogens (tertiary/aromatic N) is 1. The summed E-state index contributed by atoms with van der Waals surface area (Å²) in [6.45, 7) is 2.16. The topological polar surface area (TPSA) is 116 Å². The molecule has 3 N–H and O–H groups in total. The normalized spacial score (nSPS) is 15.1. The highest BCUT2D eigenvalue weighted by atomic mass is 32.2. The van der Waals surface area contributed by atoms with Gasteiger partial charge in [0, 0.05) is 31.7 Å². The van der Waals surface area contributed by atoms with Gasteiger partial charge in [-0.2, -0.15) is 0 Å². The standard InChI is InChI=1S/C20H23N3O5S/c1-14(24)21-15-6-8-17(9-7-15)29(27,28)22-16-10-12-23(13-11-16)20(26)18-4-2-3-5-19(18)25/h2-9,16,22,25H,10-13H2,1H3,(H,21,24). The molecule has 2 amide bonds. The van der Waals surface area contributed by atoms with E-state index in [0.29, 0.717) is 31.6 Å². The lowest BCUT2D eigenvalue weighted by molar-refractivity contribution is -0.114. The van der Waals surface area contributed by atoms with Crippen LogP contribution < -0.4 is 10.0 Å². The molecule has 29 heavy (non-hydrogen) atoms. The number of phenols is 1. The number of sulfonamides is 1. The van der Waals surface area contributed by atoms with E-state index in [2.05, 4.69) is 10.0 Å². The molecule has 1 fully saturated rings. The molecule has 3 rings (SSSR count). The molecule has 0 aliphatic carbocycles. The van der Waals surface area contributed by atoms with Gasteiger partial charge in [-0.1, -0.05) is 12.1 Å². The fourth-order valence-electron chi connectivity index (χ4n) is 3.23. The van der Waals surface area contributed by atoms with E-state index in [4.69, 9.17) is 0 Å². The van der Waals surface area contributed by atoms with Gasteiger partial charge in [-0.3, -0.25) is 9.59 Å². The van der Waals surface area contributed by atoms with Crippen molar-refractivity contribution in [1.29, 1.82) is 0 Å². The summed E-state index contributed by atoms with van der Waals surface area (Å²) in [5.41, 5.74) is 0.762. The highest BCUT2D eigenvalue weighted by molar-refractivity contribution is 7.89. The molecule has 1 saturated heterocycles. The van der Waals surface area contributed by atoms with Gasteiger partial charge in [0.15, 0.2) is 0 Å². The monoisotopic (exact) mass is 417 g/mol. The first kappa shape index (κ1) is 20.8. The van der Waals surface area contributed by atoms with Crippen molar-refractivity contribution in [3.05, 3.63) is 54.1 Å². The van der Waals surface area contributed by atoms with Crippen LogP contribution in [0.3, 0.4) is 0 Å². The lowest BCUT2D eigenvalue weighted by Crippen LogP contribution is -2.46. The van der Waals surface area contributed by atoms with Crippen molar-refractivity contribution in [3.63, 3.8) is 0 Å². The molecule has 2 aromatic carbocycles. The largest absolute Gasteiger partial charge is 0.507 e. The summed E-state index contributed by atoms with van der Waals surface area (Å²) < 4.78 is 27.9. The second kappa shape index (κ2) is 8.62. The van der Waals surface area contributed by atoms with Crippen molar-refractivity contribution in [3.8, 4) is 5.75 Å². The molecule has 154 valence electrons. The zero-order chi connectivity index (χ0) is 21.0. The molecular weight excluding hydrogens is 394 g/mol. The molecule has 1 heterocycles. The summed E-state index contributed by atoms with van der Waals surface area (Å²) in [5.74, 6) is -0.565. The fraction of sp³-hybridized carbons (Fsp3) is 0.300. The zero-order valence-electron chi connectivity index (χ0n) is 16.0. The molecule has 0 unspecified atom stereocenters. The number of hydrogen-bond acceptors (Lipinski definition) is 5. The molecule has 1 aliphatic rings. The van der Waals surface area contributed by atoms with E-state index in [9.17, 15) is 23.1 Å². The maximum Gasteiger partial charge on any atom is 0.257 e. The summed E-state index contributed by atoms with van der Waals surface area (Å²) in [7, 11) is -3.71. The fourth-order valence-corrected chi connectivity index (χ4v) is 4.54. The average Bonchev–Trinajstić information content (AvgIpc) is 2.68. The first-order valence-electron chi connectivity index (χ1n) is 9.23. The Kier molecular flexibility index (Phi) is 6.19. The minimum absolute atomic E-state index is 0.0666. The predicted molar refractivity (Wildman–Crippen MR) is 108 cm³/mol. The summed E-state index contributed by atoms with van der Waals surface area (Å²) >= 11 is 0. The highest BCUT2D eigenvalue weighted by Gasteiger charge is 2.28. The van der Waals surface area contributed by atoms with Gasteiger partial charge in [-0.05, 0) is 49.2 Å². The van der Waals surface area contributed by atoms with Crippen LogP contribution in [0.4, 0.5) is 5.69 Å². The van der Waals surface area contributed by atoms with Crippen molar-refractivity contribution in [1.82, 2.24) is 9.62 Å². The number of para-hydroxylation sites is 1. The van der Waals surface area contributed by atoms with Gasteiger partial charge < -0.3 is 15.3 Å². The van der Waals surface area contributed by atoms with Crippen LogP contribution in [0.25, 0.3) is 0 Å². The van der Waals surface area contributed by atoms with Crippen LogP contribution in [0.1, 0.15) is 30.1 Å². The molecule has 0 spiro atoms. The number of benzene rings is 2. The number of piperidine rings is 1. The summed E-state index contributed by atoms with van der Waals surface area (Å²) in [5, 5.41) is 12.4. The van der Waals surface area contributed by atoms with E-state index >= 15 is 0 Å². The Bertz CT molecular complexity index is 997. The molecule has 0 radical (unpaired) electrons. The number of rotatable bonds is 5. The molecule has 2 aromatic rings. The Morgan fingerprint density at radius 2 is 1.66 bits per heavy atom. The Labute approximate surface area is 169 Å². The van der Waals surface area contributed by atoms with Crippen LogP contribution >= 0.6 is 0 Å². The molecule has 8 nitrogen and oxygen atoms in total. The molecule has 1 aliphatic heterocycles. The van der Waals surface area contributed by atoms with E-state index < -0.39 is 10.0 Å². The van der Waals surface area contributed by atoms with Crippen molar-refractivity contribution < 1.29 is 23.1 Å². The minimum atomic E-state index is -3.71. The Morgan fingerprint density at radius 1 is 1.03 bits per heavy atom. The maximum absolute atomic E-state index is 12.6. The average molecular weight is 417 g/mol. The second-order valence-electron chi connectivity index (χ2n) is 6.91. The number of likely N-dealkylation sites (tertiary alicyclic amines) is 1. The van der Waals surface area contributed by atoms with Gasteiger partial charge in [0.2, 0.25) is 15.9 Å². The van der Waals surface area contributed by atoms with Crippen LogP contribution in [0, 0.1) is 0 Å². The quantitative estimate of drug-likeness (QED) is 0.688. The third kappa shape index (κ3) is 5.12. The molecule has 9 heteroatoms. The van der Waals surface area contributed by atoms with E-state index in [1.807, 2.05) is 0 Å². The van der Waals surface area contributed by atoms with Gasteiger partial charge in [0.05, 0.1) is 10.5 Å². The van der Waals surface area contributed by atoms with Crippen LogP contribution in [0.15, 0.2) is 53.4 Å². The smallest absolute Gasteiger partial charge is 0.257 e. The van der Waals surface area contributed by atoms with E-state index in [1.54, 1.807) is 23.1 Å².